The lowest BCUT2D eigenvalue weighted by Crippen LogP contribution is -2.35. The Kier molecular flexibility index (Phi) is 3.01. The zero-order valence-electron chi connectivity index (χ0n) is 9.62. The van der Waals surface area contributed by atoms with Crippen molar-refractivity contribution in [2.45, 2.75) is 45.4 Å². The van der Waals surface area contributed by atoms with Gasteiger partial charge in [0, 0.05) is 6.20 Å². The molecule has 0 spiro atoms. The van der Waals surface area contributed by atoms with Crippen LogP contribution < -0.4 is 5.32 Å². The van der Waals surface area contributed by atoms with Gasteiger partial charge < -0.3 is 15.2 Å². The minimum atomic E-state index is -0.928. The smallest absolute Gasteiger partial charge is 0.339 e. The summed E-state index contributed by atoms with van der Waals surface area (Å²) in [6.45, 7) is 3.61. The fourth-order valence-corrected chi connectivity index (χ4v) is 2.17. The molecule has 2 rings (SSSR count). The lowest BCUT2D eigenvalue weighted by Gasteiger charge is -2.23. The number of fused-ring (bicyclic) bond motifs is 1. The van der Waals surface area contributed by atoms with Crippen molar-refractivity contribution in [2.75, 3.05) is 0 Å². The summed E-state index contributed by atoms with van der Waals surface area (Å²) in [6, 6.07) is 0. The lowest BCUT2D eigenvalue weighted by atomic mass is 9.99. The van der Waals surface area contributed by atoms with Crippen molar-refractivity contribution in [1.29, 1.82) is 0 Å². The zero-order chi connectivity index (χ0) is 11.7. The monoisotopic (exact) mass is 223 g/mol. The first kappa shape index (κ1) is 11.2. The van der Waals surface area contributed by atoms with E-state index in [0.29, 0.717) is 5.57 Å². The first-order valence-electron chi connectivity index (χ1n) is 5.67. The molecule has 1 aliphatic carbocycles. The lowest BCUT2D eigenvalue weighted by molar-refractivity contribution is -0.144. The number of carbonyl (C=O) groups is 1. The van der Waals surface area contributed by atoms with Crippen LogP contribution in [0.1, 0.15) is 33.1 Å². The number of carbonyl (C=O) groups excluding carboxylic acids is 1. The van der Waals surface area contributed by atoms with E-state index >= 15 is 0 Å². The van der Waals surface area contributed by atoms with Crippen LogP contribution >= 0.6 is 0 Å². The van der Waals surface area contributed by atoms with Crippen LogP contribution in [0.15, 0.2) is 22.9 Å². The average molecular weight is 223 g/mol. The Morgan fingerprint density at radius 3 is 3.00 bits per heavy atom. The number of rotatable bonds is 2. The maximum Gasteiger partial charge on any atom is 0.339 e. The number of aliphatic hydroxyl groups excluding tert-OH is 1. The first-order valence-corrected chi connectivity index (χ1v) is 5.67. The van der Waals surface area contributed by atoms with Gasteiger partial charge in [-0.1, -0.05) is 0 Å². The second-order valence-corrected chi connectivity index (χ2v) is 4.44. The molecular formula is C12H17NO3. The maximum absolute atomic E-state index is 11.9. The molecule has 0 radical (unpaired) electrons. The number of ether oxygens (including phenoxy) is 1. The Hall–Kier alpha value is -1.29. The highest BCUT2D eigenvalue weighted by atomic mass is 16.5. The van der Waals surface area contributed by atoms with Crippen molar-refractivity contribution < 1.29 is 14.6 Å². The van der Waals surface area contributed by atoms with Gasteiger partial charge in [0.1, 0.15) is 0 Å². The molecule has 0 saturated heterocycles. The summed E-state index contributed by atoms with van der Waals surface area (Å²) in [5, 5.41) is 12.6. The second-order valence-electron chi connectivity index (χ2n) is 4.44. The molecule has 0 amide bonds. The summed E-state index contributed by atoms with van der Waals surface area (Å²) in [4.78, 5) is 11.9. The van der Waals surface area contributed by atoms with Crippen LogP contribution in [0, 0.1) is 0 Å². The van der Waals surface area contributed by atoms with E-state index in [9.17, 15) is 9.90 Å². The quantitative estimate of drug-likeness (QED) is 0.691. The summed E-state index contributed by atoms with van der Waals surface area (Å²) < 4.78 is 5.14. The van der Waals surface area contributed by atoms with Crippen LogP contribution in [-0.4, -0.2) is 23.4 Å². The molecule has 4 heteroatoms. The van der Waals surface area contributed by atoms with Crippen molar-refractivity contribution >= 4 is 5.97 Å². The van der Waals surface area contributed by atoms with E-state index in [1.54, 1.807) is 20.0 Å². The van der Waals surface area contributed by atoms with Gasteiger partial charge in [0.25, 0.3) is 0 Å². The van der Waals surface area contributed by atoms with E-state index in [1.807, 2.05) is 0 Å². The van der Waals surface area contributed by atoms with E-state index in [-0.39, 0.29) is 6.10 Å². The van der Waals surface area contributed by atoms with E-state index in [2.05, 4.69) is 5.32 Å². The van der Waals surface area contributed by atoms with Gasteiger partial charge in [-0.3, -0.25) is 0 Å². The van der Waals surface area contributed by atoms with Crippen LogP contribution in [-0.2, 0) is 9.53 Å². The summed E-state index contributed by atoms with van der Waals surface area (Å²) >= 11 is 0. The molecule has 1 fully saturated rings. The fraction of sp³-hybridized carbons (Fsp3) is 0.583. The molecule has 88 valence electrons. The number of esters is 1. The fourth-order valence-electron chi connectivity index (χ4n) is 2.17. The van der Waals surface area contributed by atoms with Crippen molar-refractivity contribution in [3.8, 4) is 0 Å². The third-order valence-corrected chi connectivity index (χ3v) is 2.84. The average Bonchev–Trinajstić information content (AvgIpc) is 2.63. The van der Waals surface area contributed by atoms with Gasteiger partial charge >= 0.3 is 5.97 Å². The summed E-state index contributed by atoms with van der Waals surface area (Å²) in [6.07, 6.45) is 3.57. The Labute approximate surface area is 95.0 Å². The predicted octanol–water partition coefficient (Wildman–Crippen LogP) is 1.22. The highest BCUT2D eigenvalue weighted by molar-refractivity contribution is 5.92. The molecule has 4 nitrogen and oxygen atoms in total. The van der Waals surface area contributed by atoms with E-state index < -0.39 is 12.2 Å². The largest absolute Gasteiger partial charge is 0.459 e. The summed E-state index contributed by atoms with van der Waals surface area (Å²) in [5.74, 6) is -0.405. The number of nitrogens with one attached hydrogen (secondary N) is 1. The standard InChI is InChI=1S/C12H17NO3/c1-7(2)16-12(15)10-9-5-3-4-8(9)6-13-11(10)14/h6-7,11,13-14H,3-5H2,1-2H3. The molecule has 0 bridgehead atoms. The molecular weight excluding hydrogens is 206 g/mol. The summed E-state index contributed by atoms with van der Waals surface area (Å²) in [7, 11) is 0. The Morgan fingerprint density at radius 1 is 1.56 bits per heavy atom. The number of aliphatic hydroxyl groups is 1. The maximum atomic E-state index is 11.9. The van der Waals surface area contributed by atoms with Crippen molar-refractivity contribution in [3.63, 3.8) is 0 Å². The van der Waals surface area contributed by atoms with Crippen molar-refractivity contribution in [3.05, 3.63) is 22.9 Å². The van der Waals surface area contributed by atoms with Crippen LogP contribution in [0.4, 0.5) is 0 Å². The van der Waals surface area contributed by atoms with Gasteiger partial charge in [0.2, 0.25) is 0 Å². The van der Waals surface area contributed by atoms with Gasteiger partial charge in [-0.05, 0) is 44.3 Å². The molecule has 0 aromatic heterocycles. The number of hydrogen-bond acceptors (Lipinski definition) is 4. The molecule has 0 aromatic rings. The van der Waals surface area contributed by atoms with E-state index in [1.165, 1.54) is 0 Å². The molecule has 0 aromatic carbocycles. The molecule has 1 heterocycles. The third-order valence-electron chi connectivity index (χ3n) is 2.84. The molecule has 1 saturated carbocycles. The molecule has 16 heavy (non-hydrogen) atoms. The minimum absolute atomic E-state index is 0.163. The highest BCUT2D eigenvalue weighted by Crippen LogP contribution is 2.35. The van der Waals surface area contributed by atoms with Gasteiger partial charge in [0.15, 0.2) is 6.23 Å². The molecule has 1 unspecified atom stereocenters. The molecule has 1 aliphatic heterocycles. The Morgan fingerprint density at radius 2 is 2.31 bits per heavy atom. The van der Waals surface area contributed by atoms with Gasteiger partial charge in [-0.2, -0.15) is 0 Å². The minimum Gasteiger partial charge on any atom is -0.459 e. The van der Waals surface area contributed by atoms with Crippen molar-refractivity contribution in [1.82, 2.24) is 5.32 Å². The van der Waals surface area contributed by atoms with Gasteiger partial charge in [0.05, 0.1) is 11.7 Å². The SMILES string of the molecule is CC(C)OC(=O)C1=C2CCCC2=CNC1O. The van der Waals surface area contributed by atoms with Crippen LogP contribution in [0.2, 0.25) is 0 Å². The number of hydrogen-bond donors (Lipinski definition) is 2. The Balaban J connectivity index is 2.28. The first-order chi connectivity index (χ1) is 7.59. The highest BCUT2D eigenvalue weighted by Gasteiger charge is 2.31. The van der Waals surface area contributed by atoms with Crippen molar-refractivity contribution in [2.24, 2.45) is 0 Å². The van der Waals surface area contributed by atoms with Gasteiger partial charge in [-0.25, -0.2) is 4.79 Å². The molecule has 2 N–H and O–H groups in total. The number of allylic oxidation sites excluding steroid dienone is 2. The van der Waals surface area contributed by atoms with Crippen LogP contribution in [0.3, 0.4) is 0 Å². The topological polar surface area (TPSA) is 58.6 Å². The second kappa shape index (κ2) is 4.29. The van der Waals surface area contributed by atoms with E-state index in [0.717, 1.165) is 30.4 Å². The zero-order valence-corrected chi connectivity index (χ0v) is 9.62. The van der Waals surface area contributed by atoms with Gasteiger partial charge in [-0.15, -0.1) is 0 Å². The van der Waals surface area contributed by atoms with E-state index in [4.69, 9.17) is 4.74 Å². The normalized spacial score (nSPS) is 24.0. The third kappa shape index (κ3) is 1.97. The molecule has 2 aliphatic rings. The predicted molar refractivity (Wildman–Crippen MR) is 59.3 cm³/mol. The number of dihydropyridines is 1. The Bertz CT molecular complexity index is 368. The van der Waals surface area contributed by atoms with Crippen LogP contribution in [0.5, 0.6) is 0 Å². The van der Waals surface area contributed by atoms with Crippen LogP contribution in [0.25, 0.3) is 0 Å². The molecule has 1 atom stereocenters. The summed E-state index contributed by atoms with van der Waals surface area (Å²) in [5.41, 5.74) is 2.49.